The third-order valence-electron chi connectivity index (χ3n) is 3.80. The Morgan fingerprint density at radius 1 is 1.43 bits per heavy atom. The summed E-state index contributed by atoms with van der Waals surface area (Å²) < 4.78 is 10.4. The van der Waals surface area contributed by atoms with Crippen LogP contribution in [0, 0.1) is 5.41 Å². The smallest absolute Gasteiger partial charge is 0.317 e. The van der Waals surface area contributed by atoms with Crippen LogP contribution in [0.2, 0.25) is 0 Å². The molecule has 0 bridgehead atoms. The van der Waals surface area contributed by atoms with Crippen LogP contribution < -0.4 is 5.32 Å². The monoisotopic (exact) mass is 296 g/mol. The van der Waals surface area contributed by atoms with Crippen molar-refractivity contribution in [1.82, 2.24) is 10.2 Å². The van der Waals surface area contributed by atoms with Gasteiger partial charge in [0.05, 0.1) is 18.2 Å². The van der Waals surface area contributed by atoms with Crippen molar-refractivity contribution >= 4 is 12.0 Å². The van der Waals surface area contributed by atoms with Crippen LogP contribution >= 0.6 is 0 Å². The van der Waals surface area contributed by atoms with Gasteiger partial charge in [-0.1, -0.05) is 0 Å². The van der Waals surface area contributed by atoms with E-state index in [1.807, 2.05) is 0 Å². The van der Waals surface area contributed by atoms with E-state index in [1.165, 1.54) is 4.90 Å². The summed E-state index contributed by atoms with van der Waals surface area (Å²) in [5, 5.41) is 12.1. The summed E-state index contributed by atoms with van der Waals surface area (Å²) in [5.74, 6) is -0.216. The number of amides is 2. The molecular weight excluding hydrogens is 276 g/mol. The lowest BCUT2D eigenvalue weighted by Gasteiger charge is -2.33. The van der Waals surface area contributed by atoms with Gasteiger partial charge in [-0.25, -0.2) is 4.79 Å². The first-order chi connectivity index (χ1) is 10.0. The molecule has 2 amide bonds. The lowest BCUT2D eigenvalue weighted by atomic mass is 9.80. The van der Waals surface area contributed by atoms with Gasteiger partial charge in [-0.15, -0.1) is 0 Å². The highest BCUT2D eigenvalue weighted by atomic mass is 16.5. The molecule has 7 heteroatoms. The average Bonchev–Trinajstić information content (AvgIpc) is 2.98. The number of carboxylic acids is 1. The first-order valence-electron chi connectivity index (χ1n) is 6.86. The topological polar surface area (TPSA) is 92.0 Å². The molecule has 116 valence electrons. The summed E-state index contributed by atoms with van der Waals surface area (Å²) in [5.41, 5.74) is -0.931. The molecule has 1 fully saturated rings. The van der Waals surface area contributed by atoms with Gasteiger partial charge < -0.3 is 24.5 Å². The zero-order chi connectivity index (χ0) is 15.3. The number of carboxylic acid groups (broad SMARTS) is 1. The molecule has 1 aliphatic heterocycles. The van der Waals surface area contributed by atoms with E-state index in [2.05, 4.69) is 5.32 Å². The SMILES string of the molecule is CN(Cc1ccco1)C(=O)NCC1(C(=O)O)CCOCC1. The largest absolute Gasteiger partial charge is 0.481 e. The molecule has 1 aromatic heterocycles. The van der Waals surface area contributed by atoms with Gasteiger partial charge in [-0.2, -0.15) is 0 Å². The van der Waals surface area contributed by atoms with Gasteiger partial charge in [0.2, 0.25) is 0 Å². The molecule has 0 saturated carbocycles. The molecule has 1 aliphatic rings. The van der Waals surface area contributed by atoms with Crippen LogP contribution in [0.1, 0.15) is 18.6 Å². The summed E-state index contributed by atoms with van der Waals surface area (Å²) in [6.07, 6.45) is 2.36. The Labute approximate surface area is 122 Å². The predicted octanol–water partition coefficient (Wildman–Crippen LogP) is 1.30. The van der Waals surface area contributed by atoms with Gasteiger partial charge in [-0.3, -0.25) is 4.79 Å². The van der Waals surface area contributed by atoms with E-state index in [4.69, 9.17) is 9.15 Å². The summed E-state index contributed by atoms with van der Waals surface area (Å²) >= 11 is 0. The Balaban J connectivity index is 1.88. The Kier molecular flexibility index (Phi) is 4.85. The van der Waals surface area contributed by atoms with Crippen molar-refractivity contribution in [1.29, 1.82) is 0 Å². The second-order valence-corrected chi connectivity index (χ2v) is 5.29. The lowest BCUT2D eigenvalue weighted by Crippen LogP contribution is -2.49. The third kappa shape index (κ3) is 3.75. The Morgan fingerprint density at radius 2 is 2.14 bits per heavy atom. The molecule has 7 nitrogen and oxygen atoms in total. The number of carbonyl (C=O) groups excluding carboxylic acids is 1. The van der Waals surface area contributed by atoms with Crippen LogP contribution in [-0.4, -0.2) is 48.8 Å². The molecule has 0 aliphatic carbocycles. The quantitative estimate of drug-likeness (QED) is 0.854. The number of nitrogens with zero attached hydrogens (tertiary/aromatic N) is 1. The predicted molar refractivity (Wildman–Crippen MR) is 73.7 cm³/mol. The third-order valence-corrected chi connectivity index (χ3v) is 3.80. The molecule has 2 N–H and O–H groups in total. The highest BCUT2D eigenvalue weighted by Crippen LogP contribution is 2.30. The average molecular weight is 296 g/mol. The summed E-state index contributed by atoms with van der Waals surface area (Å²) in [6.45, 7) is 1.25. The van der Waals surface area contributed by atoms with Gasteiger partial charge >= 0.3 is 12.0 Å². The first-order valence-corrected chi connectivity index (χ1v) is 6.86. The normalized spacial score (nSPS) is 17.2. The number of aliphatic carboxylic acids is 1. The number of rotatable bonds is 5. The summed E-state index contributed by atoms with van der Waals surface area (Å²) in [6, 6.07) is 3.21. The molecule has 0 radical (unpaired) electrons. The van der Waals surface area contributed by atoms with E-state index in [-0.39, 0.29) is 12.6 Å². The maximum absolute atomic E-state index is 12.0. The van der Waals surface area contributed by atoms with Gasteiger partial charge in [0.15, 0.2) is 0 Å². The first kappa shape index (κ1) is 15.4. The summed E-state index contributed by atoms with van der Waals surface area (Å²) in [4.78, 5) is 25.0. The van der Waals surface area contributed by atoms with Crippen molar-refractivity contribution in [3.63, 3.8) is 0 Å². The number of nitrogens with one attached hydrogen (secondary N) is 1. The molecule has 1 aromatic rings. The second-order valence-electron chi connectivity index (χ2n) is 5.29. The van der Waals surface area contributed by atoms with Crippen molar-refractivity contribution in [2.24, 2.45) is 5.41 Å². The molecular formula is C14H20N2O5. The zero-order valence-electron chi connectivity index (χ0n) is 12.0. The van der Waals surface area contributed by atoms with Gasteiger partial charge in [0.25, 0.3) is 0 Å². The minimum atomic E-state index is -0.931. The van der Waals surface area contributed by atoms with Gasteiger partial charge in [0.1, 0.15) is 5.76 Å². The van der Waals surface area contributed by atoms with Crippen molar-refractivity contribution in [2.75, 3.05) is 26.8 Å². The number of ether oxygens (including phenoxy) is 1. The minimum Gasteiger partial charge on any atom is -0.481 e. The van der Waals surface area contributed by atoms with Crippen LogP contribution in [0.15, 0.2) is 22.8 Å². The number of hydrogen-bond acceptors (Lipinski definition) is 4. The molecule has 2 rings (SSSR count). The van der Waals surface area contributed by atoms with Crippen molar-refractivity contribution < 1.29 is 23.8 Å². The second kappa shape index (κ2) is 6.62. The summed E-state index contributed by atoms with van der Waals surface area (Å²) in [7, 11) is 1.63. The van der Waals surface area contributed by atoms with Gasteiger partial charge in [-0.05, 0) is 25.0 Å². The van der Waals surface area contributed by atoms with Crippen molar-refractivity contribution in [3.05, 3.63) is 24.2 Å². The Hall–Kier alpha value is -2.02. The highest BCUT2D eigenvalue weighted by Gasteiger charge is 2.40. The van der Waals surface area contributed by atoms with E-state index in [0.29, 0.717) is 38.4 Å². The number of carbonyl (C=O) groups is 2. The lowest BCUT2D eigenvalue weighted by molar-refractivity contribution is -0.154. The fourth-order valence-electron chi connectivity index (χ4n) is 2.32. The molecule has 0 spiro atoms. The standard InChI is InChI=1S/C14H20N2O5/c1-16(9-11-3-2-6-21-11)13(19)15-10-14(12(17)18)4-7-20-8-5-14/h2-3,6H,4-5,7-10H2,1H3,(H,15,19)(H,17,18). The Bertz CT molecular complexity index is 480. The molecule has 21 heavy (non-hydrogen) atoms. The maximum Gasteiger partial charge on any atom is 0.317 e. The van der Waals surface area contributed by atoms with E-state index in [9.17, 15) is 14.7 Å². The molecule has 1 saturated heterocycles. The van der Waals surface area contributed by atoms with Crippen molar-refractivity contribution in [2.45, 2.75) is 19.4 Å². The number of urea groups is 1. The fourth-order valence-corrected chi connectivity index (χ4v) is 2.32. The van der Waals surface area contributed by atoms with E-state index in [0.717, 1.165) is 0 Å². The molecule has 0 atom stereocenters. The van der Waals surface area contributed by atoms with E-state index < -0.39 is 11.4 Å². The fraction of sp³-hybridized carbons (Fsp3) is 0.571. The van der Waals surface area contributed by atoms with Crippen LogP contribution in [0.25, 0.3) is 0 Å². The van der Waals surface area contributed by atoms with Crippen LogP contribution in [0.5, 0.6) is 0 Å². The van der Waals surface area contributed by atoms with Crippen molar-refractivity contribution in [3.8, 4) is 0 Å². The number of hydrogen-bond donors (Lipinski definition) is 2. The van der Waals surface area contributed by atoms with Gasteiger partial charge in [0, 0.05) is 26.8 Å². The highest BCUT2D eigenvalue weighted by molar-refractivity contribution is 5.78. The molecule has 0 aromatic carbocycles. The van der Waals surface area contributed by atoms with Crippen LogP contribution in [0.4, 0.5) is 4.79 Å². The Morgan fingerprint density at radius 3 is 2.71 bits per heavy atom. The number of furan rings is 1. The van der Waals surface area contributed by atoms with Crippen LogP contribution in [0.3, 0.4) is 0 Å². The molecule has 0 unspecified atom stereocenters. The van der Waals surface area contributed by atoms with E-state index >= 15 is 0 Å². The maximum atomic E-state index is 12.0. The van der Waals surface area contributed by atoms with Crippen LogP contribution in [-0.2, 0) is 16.1 Å². The zero-order valence-corrected chi connectivity index (χ0v) is 12.0. The molecule has 2 heterocycles. The van der Waals surface area contributed by atoms with E-state index in [1.54, 1.807) is 25.4 Å². The minimum absolute atomic E-state index is 0.104.